The number of esters is 1. The van der Waals surface area contributed by atoms with Crippen LogP contribution in [-0.4, -0.2) is 54.6 Å². The summed E-state index contributed by atoms with van der Waals surface area (Å²) in [5.41, 5.74) is -2.67. The van der Waals surface area contributed by atoms with Crippen molar-refractivity contribution in [2.24, 2.45) is 5.92 Å². The summed E-state index contributed by atoms with van der Waals surface area (Å²) in [5.74, 6) is -0.848. The van der Waals surface area contributed by atoms with E-state index in [1.165, 1.54) is 4.90 Å². The highest BCUT2D eigenvalue weighted by Crippen LogP contribution is 2.36. The molecule has 0 bridgehead atoms. The predicted octanol–water partition coefficient (Wildman–Crippen LogP) is 4.45. The summed E-state index contributed by atoms with van der Waals surface area (Å²) < 4.78 is 88.1. The molecule has 0 spiro atoms. The van der Waals surface area contributed by atoms with Gasteiger partial charge in [-0.05, 0) is 43.2 Å². The number of hydrogen-bond donors (Lipinski definition) is 0. The normalized spacial score (nSPS) is 19.0. The Labute approximate surface area is 185 Å². The summed E-state index contributed by atoms with van der Waals surface area (Å²) in [4.78, 5) is 27.7. The van der Waals surface area contributed by atoms with Gasteiger partial charge in [-0.3, -0.25) is 4.79 Å². The van der Waals surface area contributed by atoms with Crippen LogP contribution in [0.1, 0.15) is 30.0 Å². The lowest BCUT2D eigenvalue weighted by molar-refractivity contribution is -0.146. The Hall–Kier alpha value is -2.92. The number of carbonyl (C=O) groups excluding carboxylic acids is 2. The zero-order valence-electron chi connectivity index (χ0n) is 17.6. The van der Waals surface area contributed by atoms with E-state index >= 15 is 0 Å². The van der Waals surface area contributed by atoms with E-state index in [1.54, 1.807) is 13.0 Å². The van der Waals surface area contributed by atoms with Gasteiger partial charge in [-0.25, -0.2) is 4.79 Å². The van der Waals surface area contributed by atoms with Crippen LogP contribution in [0.25, 0.3) is 0 Å². The second kappa shape index (κ2) is 9.52. The molecular formula is C21H22F6N2O4. The molecule has 0 aliphatic carbocycles. The third-order valence-electron chi connectivity index (χ3n) is 5.28. The Bertz CT molecular complexity index is 896. The van der Waals surface area contributed by atoms with Crippen LogP contribution in [0, 0.1) is 5.92 Å². The fourth-order valence-electron chi connectivity index (χ4n) is 3.75. The number of rotatable bonds is 4. The van der Waals surface area contributed by atoms with Crippen molar-refractivity contribution in [1.82, 2.24) is 9.80 Å². The fraction of sp³-hybridized carbons (Fsp3) is 0.524. The minimum absolute atomic E-state index is 0.0151. The number of ether oxygens (including phenoxy) is 2. The summed E-state index contributed by atoms with van der Waals surface area (Å²) in [5, 5.41) is 0. The Kier molecular flexibility index (Phi) is 7.13. The van der Waals surface area contributed by atoms with E-state index in [0.717, 1.165) is 0 Å². The Morgan fingerprint density at radius 3 is 2.21 bits per heavy atom. The minimum atomic E-state index is -4.99. The van der Waals surface area contributed by atoms with Gasteiger partial charge in [-0.1, -0.05) is 0 Å². The van der Waals surface area contributed by atoms with Crippen molar-refractivity contribution in [2.45, 2.75) is 32.3 Å². The summed E-state index contributed by atoms with van der Waals surface area (Å²) in [7, 11) is 0. The first-order valence-electron chi connectivity index (χ1n) is 10.2. The van der Waals surface area contributed by atoms with Gasteiger partial charge in [-0.2, -0.15) is 26.3 Å². The van der Waals surface area contributed by atoms with Crippen LogP contribution >= 0.6 is 0 Å². The molecule has 2 aliphatic rings. The lowest BCUT2D eigenvalue weighted by atomic mass is 10.1. The minimum Gasteiger partial charge on any atom is -0.465 e. The third kappa shape index (κ3) is 6.11. The summed E-state index contributed by atoms with van der Waals surface area (Å²) in [6, 6.07) is 1.06. The summed E-state index contributed by atoms with van der Waals surface area (Å²) in [6.45, 7) is 2.56. The van der Waals surface area contributed by atoms with E-state index in [2.05, 4.69) is 0 Å². The van der Waals surface area contributed by atoms with Gasteiger partial charge in [0.05, 0.1) is 30.2 Å². The Morgan fingerprint density at radius 1 is 1.00 bits per heavy atom. The van der Waals surface area contributed by atoms with Gasteiger partial charge >= 0.3 is 24.4 Å². The lowest BCUT2D eigenvalue weighted by Gasteiger charge is -2.22. The second-order valence-electron chi connectivity index (χ2n) is 7.71. The highest BCUT2D eigenvalue weighted by atomic mass is 19.4. The number of hydrogen-bond acceptors (Lipinski definition) is 5. The number of alkyl halides is 6. The van der Waals surface area contributed by atoms with Crippen LogP contribution in [0.15, 0.2) is 30.0 Å². The topological polar surface area (TPSA) is 59.1 Å². The molecule has 12 heteroatoms. The summed E-state index contributed by atoms with van der Waals surface area (Å²) in [6.07, 6.45) is -8.60. The molecule has 2 aliphatic heterocycles. The van der Waals surface area contributed by atoms with Crippen molar-refractivity contribution >= 4 is 12.1 Å². The predicted molar refractivity (Wildman–Crippen MR) is 103 cm³/mol. The molecule has 0 aromatic heterocycles. The van der Waals surface area contributed by atoms with E-state index < -0.39 is 47.7 Å². The SMILES string of the molecule is CCOC(=O)C1C=C2CN(C(=O)OCc3cc(C(F)(F)F)cc(C(F)(F)F)c3)CCCN2C1. The van der Waals surface area contributed by atoms with Gasteiger partial charge in [0.15, 0.2) is 0 Å². The van der Waals surface area contributed by atoms with Crippen LogP contribution in [0.4, 0.5) is 31.1 Å². The molecule has 6 nitrogen and oxygen atoms in total. The van der Waals surface area contributed by atoms with Crippen molar-refractivity contribution in [3.8, 4) is 0 Å². The standard InChI is InChI=1S/C21H22F6N2O4/c1-2-32-18(30)14-8-17-11-29(5-3-4-28(17)10-14)19(31)33-12-13-6-15(20(22,23)24)9-16(7-13)21(25,26)27/h6-9,14H,2-5,10-12H2,1H3. The zero-order valence-corrected chi connectivity index (χ0v) is 17.6. The average molecular weight is 480 g/mol. The van der Waals surface area contributed by atoms with Gasteiger partial charge in [0.1, 0.15) is 6.61 Å². The number of halogens is 6. The van der Waals surface area contributed by atoms with Crippen LogP contribution in [0.5, 0.6) is 0 Å². The number of amides is 1. The van der Waals surface area contributed by atoms with Crippen molar-refractivity contribution in [3.63, 3.8) is 0 Å². The first-order chi connectivity index (χ1) is 15.4. The van der Waals surface area contributed by atoms with Gasteiger partial charge in [0.25, 0.3) is 0 Å². The molecule has 1 amide bonds. The molecule has 0 N–H and O–H groups in total. The highest BCUT2D eigenvalue weighted by molar-refractivity contribution is 5.76. The number of nitrogens with zero attached hydrogens (tertiary/aromatic N) is 2. The van der Waals surface area contributed by atoms with Crippen LogP contribution < -0.4 is 0 Å². The lowest BCUT2D eigenvalue weighted by Crippen LogP contribution is -2.33. The fourth-order valence-corrected chi connectivity index (χ4v) is 3.75. The first-order valence-corrected chi connectivity index (χ1v) is 10.2. The molecule has 1 unspecified atom stereocenters. The van der Waals surface area contributed by atoms with E-state index in [4.69, 9.17) is 9.47 Å². The maximum atomic E-state index is 13.0. The van der Waals surface area contributed by atoms with Crippen LogP contribution in [0.2, 0.25) is 0 Å². The van der Waals surface area contributed by atoms with Gasteiger partial charge < -0.3 is 19.3 Å². The molecule has 1 fully saturated rings. The average Bonchev–Trinajstić information content (AvgIpc) is 3.02. The van der Waals surface area contributed by atoms with Crippen molar-refractivity contribution in [2.75, 3.05) is 32.8 Å². The Morgan fingerprint density at radius 2 is 1.64 bits per heavy atom. The molecule has 1 saturated heterocycles. The molecule has 2 heterocycles. The maximum Gasteiger partial charge on any atom is 0.416 e. The van der Waals surface area contributed by atoms with E-state index in [0.29, 0.717) is 37.3 Å². The maximum absolute atomic E-state index is 13.0. The molecule has 0 saturated carbocycles. The monoisotopic (exact) mass is 480 g/mol. The summed E-state index contributed by atoms with van der Waals surface area (Å²) >= 11 is 0. The van der Waals surface area contributed by atoms with Crippen molar-refractivity contribution < 1.29 is 45.4 Å². The third-order valence-corrected chi connectivity index (χ3v) is 5.28. The smallest absolute Gasteiger partial charge is 0.416 e. The molecule has 3 rings (SSSR count). The highest BCUT2D eigenvalue weighted by Gasteiger charge is 2.37. The first kappa shape index (κ1) is 24.7. The van der Waals surface area contributed by atoms with Crippen molar-refractivity contribution in [1.29, 1.82) is 0 Å². The molecule has 1 aromatic rings. The molecule has 1 atom stereocenters. The largest absolute Gasteiger partial charge is 0.465 e. The number of benzene rings is 1. The second-order valence-corrected chi connectivity index (χ2v) is 7.71. The quantitative estimate of drug-likeness (QED) is 0.471. The number of carbonyl (C=O) groups is 2. The number of fused-ring (bicyclic) bond motifs is 1. The molecule has 1 aromatic carbocycles. The van der Waals surface area contributed by atoms with Crippen molar-refractivity contribution in [3.05, 3.63) is 46.7 Å². The Balaban J connectivity index is 1.69. The molecular weight excluding hydrogens is 458 g/mol. The van der Waals surface area contributed by atoms with Gasteiger partial charge in [0.2, 0.25) is 0 Å². The van der Waals surface area contributed by atoms with Gasteiger partial charge in [0, 0.05) is 25.3 Å². The van der Waals surface area contributed by atoms with Crippen LogP contribution in [-0.2, 0) is 33.2 Å². The van der Waals surface area contributed by atoms with E-state index in [-0.39, 0.29) is 31.7 Å². The molecule has 33 heavy (non-hydrogen) atoms. The molecule has 0 radical (unpaired) electrons. The zero-order chi connectivity index (χ0) is 24.4. The van der Waals surface area contributed by atoms with E-state index in [9.17, 15) is 35.9 Å². The van der Waals surface area contributed by atoms with Crippen LogP contribution in [0.3, 0.4) is 0 Å². The van der Waals surface area contributed by atoms with Gasteiger partial charge in [-0.15, -0.1) is 0 Å². The molecule has 182 valence electrons. The van der Waals surface area contributed by atoms with E-state index in [1.807, 2.05) is 4.90 Å².